The van der Waals surface area contributed by atoms with Gasteiger partial charge >= 0.3 is 18.0 Å². The lowest BCUT2D eigenvalue weighted by atomic mass is 10.0. The van der Waals surface area contributed by atoms with Crippen molar-refractivity contribution in [2.45, 2.75) is 33.7 Å². The van der Waals surface area contributed by atoms with E-state index in [0.29, 0.717) is 16.6 Å². The standard InChI is InChI=1S/C20H22N4O5/c1-5-28-19(26)17-12(4)23-20(27)24-16(17)9-29-18(25)13-6-7-14-15(8-13)22-11(3)10(2)21-14/h6-8,12H,5,9H2,1-4H3,(H2,23,24,27)/t12-/m1/s1. The monoisotopic (exact) mass is 398 g/mol. The van der Waals surface area contributed by atoms with Crippen molar-refractivity contribution in [3.05, 3.63) is 46.4 Å². The Balaban J connectivity index is 1.81. The van der Waals surface area contributed by atoms with Crippen LogP contribution >= 0.6 is 0 Å². The van der Waals surface area contributed by atoms with E-state index in [-0.39, 0.29) is 24.5 Å². The summed E-state index contributed by atoms with van der Waals surface area (Å²) in [6.45, 7) is 6.96. The first-order valence-electron chi connectivity index (χ1n) is 9.20. The molecule has 2 amide bonds. The number of nitrogens with zero attached hydrogens (tertiary/aromatic N) is 2. The number of urea groups is 1. The molecular formula is C20H22N4O5. The van der Waals surface area contributed by atoms with Crippen LogP contribution in [0.15, 0.2) is 29.5 Å². The van der Waals surface area contributed by atoms with Crippen LogP contribution in [-0.2, 0) is 14.3 Å². The minimum absolute atomic E-state index is 0.188. The van der Waals surface area contributed by atoms with Gasteiger partial charge in [0, 0.05) is 0 Å². The quantitative estimate of drug-likeness (QED) is 0.739. The molecular weight excluding hydrogens is 376 g/mol. The molecule has 0 radical (unpaired) electrons. The highest BCUT2D eigenvalue weighted by Crippen LogP contribution is 2.17. The van der Waals surface area contributed by atoms with Crippen molar-refractivity contribution in [3.8, 4) is 0 Å². The molecule has 0 saturated carbocycles. The molecule has 152 valence electrons. The summed E-state index contributed by atoms with van der Waals surface area (Å²) in [6.07, 6.45) is 0. The zero-order valence-corrected chi connectivity index (χ0v) is 16.7. The number of amides is 2. The van der Waals surface area contributed by atoms with Crippen molar-refractivity contribution in [3.63, 3.8) is 0 Å². The summed E-state index contributed by atoms with van der Waals surface area (Å²) >= 11 is 0. The first-order chi connectivity index (χ1) is 13.8. The van der Waals surface area contributed by atoms with Crippen LogP contribution in [0.1, 0.15) is 35.6 Å². The van der Waals surface area contributed by atoms with E-state index in [2.05, 4.69) is 20.6 Å². The minimum atomic E-state index is -0.608. The van der Waals surface area contributed by atoms with Crippen molar-refractivity contribution in [1.29, 1.82) is 0 Å². The highest BCUT2D eigenvalue weighted by Gasteiger charge is 2.30. The Morgan fingerprint density at radius 2 is 1.76 bits per heavy atom. The Hall–Kier alpha value is -3.49. The third kappa shape index (κ3) is 4.34. The third-order valence-electron chi connectivity index (χ3n) is 4.52. The van der Waals surface area contributed by atoms with E-state index < -0.39 is 24.0 Å². The second-order valence-electron chi connectivity index (χ2n) is 6.61. The Morgan fingerprint density at radius 1 is 1.07 bits per heavy atom. The van der Waals surface area contributed by atoms with E-state index in [4.69, 9.17) is 9.47 Å². The van der Waals surface area contributed by atoms with Crippen molar-refractivity contribution in [2.24, 2.45) is 0 Å². The smallest absolute Gasteiger partial charge is 0.338 e. The molecule has 0 saturated heterocycles. The summed E-state index contributed by atoms with van der Waals surface area (Å²) in [5.41, 5.74) is 3.56. The lowest BCUT2D eigenvalue weighted by Crippen LogP contribution is -2.50. The van der Waals surface area contributed by atoms with Crippen LogP contribution in [0.4, 0.5) is 4.79 Å². The maximum Gasteiger partial charge on any atom is 0.338 e. The molecule has 0 aliphatic carbocycles. The number of hydrogen-bond acceptors (Lipinski definition) is 7. The predicted octanol–water partition coefficient (Wildman–Crippen LogP) is 1.92. The fourth-order valence-electron chi connectivity index (χ4n) is 2.97. The van der Waals surface area contributed by atoms with Crippen molar-refractivity contribution in [1.82, 2.24) is 20.6 Å². The van der Waals surface area contributed by atoms with E-state index in [1.54, 1.807) is 32.0 Å². The fourth-order valence-corrected chi connectivity index (χ4v) is 2.97. The number of nitrogens with one attached hydrogen (secondary N) is 2. The van der Waals surface area contributed by atoms with E-state index in [1.807, 2.05) is 13.8 Å². The molecule has 1 aromatic heterocycles. The van der Waals surface area contributed by atoms with Gasteiger partial charge in [-0.25, -0.2) is 24.4 Å². The van der Waals surface area contributed by atoms with Crippen LogP contribution in [-0.4, -0.2) is 47.2 Å². The minimum Gasteiger partial charge on any atom is -0.463 e. The Morgan fingerprint density at radius 3 is 2.45 bits per heavy atom. The van der Waals surface area contributed by atoms with Crippen molar-refractivity contribution < 1.29 is 23.9 Å². The Bertz CT molecular complexity index is 1030. The van der Waals surface area contributed by atoms with Crippen molar-refractivity contribution >= 4 is 29.0 Å². The van der Waals surface area contributed by atoms with Gasteiger partial charge in [0.1, 0.15) is 6.61 Å². The van der Waals surface area contributed by atoms with E-state index in [1.165, 1.54) is 0 Å². The van der Waals surface area contributed by atoms with Gasteiger partial charge in [-0.15, -0.1) is 0 Å². The summed E-state index contributed by atoms with van der Waals surface area (Å²) in [6, 6.07) is 3.84. The number of fused-ring (bicyclic) bond motifs is 1. The lowest BCUT2D eigenvalue weighted by molar-refractivity contribution is -0.139. The van der Waals surface area contributed by atoms with Crippen LogP contribution in [0.2, 0.25) is 0 Å². The topological polar surface area (TPSA) is 120 Å². The molecule has 2 N–H and O–H groups in total. The number of benzene rings is 1. The molecule has 2 heterocycles. The number of carbonyl (C=O) groups is 3. The first kappa shape index (κ1) is 20.2. The maximum atomic E-state index is 12.5. The second kappa shape index (κ2) is 8.26. The van der Waals surface area contributed by atoms with Crippen LogP contribution in [0, 0.1) is 13.8 Å². The van der Waals surface area contributed by atoms with Crippen LogP contribution in [0.25, 0.3) is 11.0 Å². The normalized spacial score (nSPS) is 16.3. The third-order valence-corrected chi connectivity index (χ3v) is 4.52. The first-order valence-corrected chi connectivity index (χ1v) is 9.20. The number of carbonyl (C=O) groups excluding carboxylic acids is 3. The van der Waals surface area contributed by atoms with Gasteiger partial charge in [-0.05, 0) is 45.9 Å². The van der Waals surface area contributed by atoms with Crippen molar-refractivity contribution in [2.75, 3.05) is 13.2 Å². The van der Waals surface area contributed by atoms with Crippen LogP contribution in [0.5, 0.6) is 0 Å². The molecule has 0 unspecified atom stereocenters. The SMILES string of the molecule is CCOC(=O)C1=C(COC(=O)c2ccc3nc(C)c(C)nc3c2)NC(=O)N[C@@H]1C. The molecule has 0 bridgehead atoms. The molecule has 1 aliphatic heterocycles. The molecule has 2 aromatic rings. The van der Waals surface area contributed by atoms with Gasteiger partial charge in [0.25, 0.3) is 0 Å². The van der Waals surface area contributed by atoms with Gasteiger partial charge in [-0.2, -0.15) is 0 Å². The van der Waals surface area contributed by atoms with E-state index in [0.717, 1.165) is 11.4 Å². The van der Waals surface area contributed by atoms with Crippen LogP contribution in [0.3, 0.4) is 0 Å². The fraction of sp³-hybridized carbons (Fsp3) is 0.350. The number of rotatable bonds is 5. The largest absolute Gasteiger partial charge is 0.463 e. The molecule has 1 aliphatic rings. The van der Waals surface area contributed by atoms with E-state index >= 15 is 0 Å². The average molecular weight is 398 g/mol. The number of hydrogen-bond donors (Lipinski definition) is 2. The molecule has 1 atom stereocenters. The van der Waals surface area contributed by atoms with Gasteiger partial charge in [-0.3, -0.25) is 0 Å². The summed E-state index contributed by atoms with van der Waals surface area (Å²) in [5.74, 6) is -1.19. The van der Waals surface area contributed by atoms with Gasteiger partial charge in [0.2, 0.25) is 0 Å². The number of aryl methyl sites for hydroxylation is 2. The average Bonchev–Trinajstić information content (AvgIpc) is 2.66. The second-order valence-corrected chi connectivity index (χ2v) is 6.61. The van der Waals surface area contributed by atoms with Gasteiger partial charge < -0.3 is 20.1 Å². The predicted molar refractivity (Wildman–Crippen MR) is 104 cm³/mol. The summed E-state index contributed by atoms with van der Waals surface area (Å²) < 4.78 is 10.4. The van der Waals surface area contributed by atoms with E-state index in [9.17, 15) is 14.4 Å². The zero-order chi connectivity index (χ0) is 21.1. The molecule has 1 aromatic carbocycles. The number of ether oxygens (including phenoxy) is 2. The molecule has 9 heteroatoms. The highest BCUT2D eigenvalue weighted by atomic mass is 16.5. The summed E-state index contributed by atoms with van der Waals surface area (Å²) in [5, 5.41) is 5.10. The number of aromatic nitrogens is 2. The number of esters is 2. The van der Waals surface area contributed by atoms with Gasteiger partial charge in [0.15, 0.2) is 0 Å². The summed E-state index contributed by atoms with van der Waals surface area (Å²) in [4.78, 5) is 45.4. The highest BCUT2D eigenvalue weighted by molar-refractivity contribution is 5.96. The molecule has 0 fully saturated rings. The van der Waals surface area contributed by atoms with Gasteiger partial charge in [0.05, 0.1) is 51.9 Å². The molecule has 9 nitrogen and oxygen atoms in total. The molecule has 0 spiro atoms. The van der Waals surface area contributed by atoms with Gasteiger partial charge in [-0.1, -0.05) is 0 Å². The Kier molecular flexibility index (Phi) is 5.76. The molecule has 29 heavy (non-hydrogen) atoms. The zero-order valence-electron chi connectivity index (χ0n) is 16.7. The van der Waals surface area contributed by atoms with Crippen LogP contribution < -0.4 is 10.6 Å². The lowest BCUT2D eigenvalue weighted by Gasteiger charge is -2.26. The Labute approximate surface area is 167 Å². The maximum absolute atomic E-state index is 12.5. The summed E-state index contributed by atoms with van der Waals surface area (Å²) in [7, 11) is 0. The molecule has 3 rings (SSSR count).